The summed E-state index contributed by atoms with van der Waals surface area (Å²) < 4.78 is 48.8. The topological polar surface area (TPSA) is 90.8 Å². The van der Waals surface area contributed by atoms with Gasteiger partial charge < -0.3 is 20.7 Å². The van der Waals surface area contributed by atoms with Crippen molar-refractivity contribution >= 4 is 29.2 Å². The lowest BCUT2D eigenvalue weighted by Crippen LogP contribution is -2.22. The van der Waals surface area contributed by atoms with Gasteiger partial charge in [-0.25, -0.2) is 4.79 Å². The van der Waals surface area contributed by atoms with Crippen LogP contribution in [-0.4, -0.2) is 17.2 Å². The Kier molecular flexibility index (Phi) is 7.14. The van der Waals surface area contributed by atoms with Gasteiger partial charge in [0.2, 0.25) is 0 Å². The highest BCUT2D eigenvalue weighted by molar-refractivity contribution is 6.34. The third-order valence-electron chi connectivity index (χ3n) is 3.04. The van der Waals surface area contributed by atoms with E-state index < -0.39 is 28.8 Å². The van der Waals surface area contributed by atoms with Gasteiger partial charge in [-0.05, 0) is 37.3 Å². The predicted octanol–water partition coefficient (Wildman–Crippen LogP) is 5.82. The lowest BCUT2D eigenvalue weighted by atomic mass is 10.2. The molecule has 0 saturated carbocycles. The van der Waals surface area contributed by atoms with Crippen LogP contribution in [0.4, 0.5) is 13.2 Å². The standard InChI is InChI=1S/C16H11Cl2F3O4.H3N/c1-8(15(22)23)24-9-2-4-10(5-3-9)25-14-7-12(17)11(6-13(14)18)16(19,20)21;/h2-8H,1H3,(H,22,23);1H3. The van der Waals surface area contributed by atoms with Gasteiger partial charge in [-0.1, -0.05) is 23.2 Å². The van der Waals surface area contributed by atoms with Crippen LogP contribution in [0.5, 0.6) is 17.2 Å². The van der Waals surface area contributed by atoms with Crippen LogP contribution in [0.2, 0.25) is 10.0 Å². The number of hydrogen-bond acceptors (Lipinski definition) is 4. The molecule has 0 aliphatic heterocycles. The van der Waals surface area contributed by atoms with E-state index in [1.54, 1.807) is 0 Å². The lowest BCUT2D eigenvalue weighted by Gasteiger charge is -2.14. The fourth-order valence-electron chi connectivity index (χ4n) is 1.79. The van der Waals surface area contributed by atoms with Crippen molar-refractivity contribution < 1.29 is 32.5 Å². The number of ether oxygens (including phenoxy) is 2. The average Bonchev–Trinajstić information content (AvgIpc) is 2.51. The Bertz CT molecular complexity index is 782. The molecule has 0 aliphatic rings. The van der Waals surface area contributed by atoms with Gasteiger partial charge in [-0.3, -0.25) is 0 Å². The Morgan fingerprint density at radius 2 is 1.62 bits per heavy atom. The molecule has 0 fully saturated rings. The first-order valence-corrected chi connectivity index (χ1v) is 7.57. The molecule has 2 rings (SSSR count). The maximum atomic E-state index is 12.8. The first-order valence-electron chi connectivity index (χ1n) is 6.81. The molecule has 0 saturated heterocycles. The molecule has 2 aromatic rings. The van der Waals surface area contributed by atoms with Gasteiger partial charge in [0, 0.05) is 6.07 Å². The third kappa shape index (κ3) is 5.42. The van der Waals surface area contributed by atoms with Crippen molar-refractivity contribution in [1.29, 1.82) is 0 Å². The van der Waals surface area contributed by atoms with Crippen molar-refractivity contribution in [3.63, 3.8) is 0 Å². The molecule has 0 amide bonds. The molecular weight excluding hydrogens is 398 g/mol. The Labute approximate surface area is 156 Å². The second-order valence-corrected chi connectivity index (χ2v) is 5.75. The molecule has 0 spiro atoms. The highest BCUT2D eigenvalue weighted by atomic mass is 35.5. The maximum Gasteiger partial charge on any atom is 0.417 e. The molecule has 1 unspecified atom stereocenters. The van der Waals surface area contributed by atoms with E-state index in [0.717, 1.165) is 6.07 Å². The van der Waals surface area contributed by atoms with Gasteiger partial charge in [0.15, 0.2) is 6.10 Å². The van der Waals surface area contributed by atoms with Gasteiger partial charge >= 0.3 is 12.1 Å². The Morgan fingerprint density at radius 3 is 2.12 bits per heavy atom. The molecule has 10 heteroatoms. The van der Waals surface area contributed by atoms with Crippen LogP contribution < -0.4 is 15.6 Å². The fraction of sp³-hybridized carbons (Fsp3) is 0.188. The van der Waals surface area contributed by atoms with Gasteiger partial charge in [0.25, 0.3) is 0 Å². The van der Waals surface area contributed by atoms with Crippen LogP contribution >= 0.6 is 23.2 Å². The Balaban J connectivity index is 0.00000338. The number of carbonyl (C=O) groups is 1. The summed E-state index contributed by atoms with van der Waals surface area (Å²) in [4.78, 5) is 10.7. The molecule has 4 N–H and O–H groups in total. The summed E-state index contributed by atoms with van der Waals surface area (Å²) in [5.74, 6) is -0.620. The van der Waals surface area contributed by atoms with E-state index in [9.17, 15) is 18.0 Å². The molecule has 26 heavy (non-hydrogen) atoms. The predicted molar refractivity (Wildman–Crippen MR) is 90.7 cm³/mol. The zero-order valence-corrected chi connectivity index (χ0v) is 14.8. The zero-order chi connectivity index (χ0) is 18.8. The second-order valence-electron chi connectivity index (χ2n) is 4.93. The first-order chi connectivity index (χ1) is 11.6. The minimum absolute atomic E-state index is 0. The fourth-order valence-corrected chi connectivity index (χ4v) is 2.25. The number of halogens is 5. The van der Waals surface area contributed by atoms with Crippen molar-refractivity contribution in [3.8, 4) is 17.2 Å². The number of hydrogen-bond donors (Lipinski definition) is 2. The summed E-state index contributed by atoms with van der Waals surface area (Å²) in [5, 5.41) is 7.98. The largest absolute Gasteiger partial charge is 0.479 e. The van der Waals surface area contributed by atoms with Gasteiger partial charge in [-0.15, -0.1) is 0 Å². The number of alkyl halides is 3. The summed E-state index contributed by atoms with van der Waals surface area (Å²) in [6, 6.07) is 7.47. The average molecular weight is 412 g/mol. The van der Waals surface area contributed by atoms with Crippen molar-refractivity contribution in [2.24, 2.45) is 0 Å². The van der Waals surface area contributed by atoms with E-state index in [-0.39, 0.29) is 22.7 Å². The molecule has 0 radical (unpaired) electrons. The molecule has 0 heterocycles. The van der Waals surface area contributed by atoms with Crippen LogP contribution in [-0.2, 0) is 11.0 Å². The minimum atomic E-state index is -4.63. The highest BCUT2D eigenvalue weighted by Gasteiger charge is 2.34. The molecule has 5 nitrogen and oxygen atoms in total. The molecule has 142 valence electrons. The van der Waals surface area contributed by atoms with Crippen LogP contribution in [0.25, 0.3) is 0 Å². The van der Waals surface area contributed by atoms with Crippen LogP contribution in [0.15, 0.2) is 36.4 Å². The highest BCUT2D eigenvalue weighted by Crippen LogP contribution is 2.41. The van der Waals surface area contributed by atoms with Crippen molar-refractivity contribution in [2.45, 2.75) is 19.2 Å². The van der Waals surface area contributed by atoms with Gasteiger partial charge in [0.05, 0.1) is 15.6 Å². The molecule has 0 aromatic heterocycles. The SMILES string of the molecule is CC(Oc1ccc(Oc2cc(Cl)c(C(F)(F)F)cc2Cl)cc1)C(=O)O.N. The minimum Gasteiger partial charge on any atom is -0.479 e. The Hall–Kier alpha value is -2.16. The number of carboxylic acid groups (broad SMARTS) is 1. The van der Waals surface area contributed by atoms with Crippen molar-refractivity contribution in [1.82, 2.24) is 6.15 Å². The van der Waals surface area contributed by atoms with E-state index in [1.807, 2.05) is 0 Å². The van der Waals surface area contributed by atoms with Gasteiger partial charge in [-0.2, -0.15) is 13.2 Å². The number of rotatable bonds is 5. The molecular formula is C16H14Cl2F3NO4. The summed E-state index contributed by atoms with van der Waals surface area (Å²) in [7, 11) is 0. The molecule has 0 aliphatic carbocycles. The monoisotopic (exact) mass is 411 g/mol. The van der Waals surface area contributed by atoms with Crippen molar-refractivity contribution in [2.75, 3.05) is 0 Å². The normalized spacial score (nSPS) is 12.1. The number of aliphatic carboxylic acids is 1. The lowest BCUT2D eigenvalue weighted by molar-refractivity contribution is -0.144. The summed E-state index contributed by atoms with van der Waals surface area (Å²) in [6.45, 7) is 1.37. The first kappa shape index (κ1) is 21.9. The van der Waals surface area contributed by atoms with Crippen LogP contribution in [0.1, 0.15) is 12.5 Å². The smallest absolute Gasteiger partial charge is 0.417 e. The molecule has 0 bridgehead atoms. The van der Waals surface area contributed by atoms with Crippen LogP contribution in [0, 0.1) is 0 Å². The van der Waals surface area contributed by atoms with E-state index in [0.29, 0.717) is 11.8 Å². The van der Waals surface area contributed by atoms with Crippen molar-refractivity contribution in [3.05, 3.63) is 52.0 Å². The molecule has 2 aromatic carbocycles. The van der Waals surface area contributed by atoms with E-state index in [4.69, 9.17) is 37.8 Å². The van der Waals surface area contributed by atoms with E-state index >= 15 is 0 Å². The Morgan fingerprint density at radius 1 is 1.08 bits per heavy atom. The summed E-state index contributed by atoms with van der Waals surface area (Å²) in [6.07, 6.45) is -5.66. The van der Waals surface area contributed by atoms with E-state index in [2.05, 4.69) is 0 Å². The third-order valence-corrected chi connectivity index (χ3v) is 3.65. The van der Waals surface area contributed by atoms with Crippen LogP contribution in [0.3, 0.4) is 0 Å². The summed E-state index contributed by atoms with van der Waals surface area (Å²) in [5.41, 5.74) is -1.06. The number of carboxylic acids is 1. The second kappa shape index (κ2) is 8.48. The zero-order valence-electron chi connectivity index (χ0n) is 13.3. The van der Waals surface area contributed by atoms with Gasteiger partial charge in [0.1, 0.15) is 17.2 Å². The summed E-state index contributed by atoms with van der Waals surface area (Å²) >= 11 is 11.4. The maximum absolute atomic E-state index is 12.8. The quantitative estimate of drug-likeness (QED) is 0.646. The number of benzene rings is 2. The molecule has 1 atom stereocenters. The van der Waals surface area contributed by atoms with E-state index in [1.165, 1.54) is 31.2 Å².